The quantitative estimate of drug-likeness (QED) is 0.765. The van der Waals surface area contributed by atoms with Crippen LogP contribution in [-0.4, -0.2) is 25.9 Å². The molecule has 0 saturated heterocycles. The van der Waals surface area contributed by atoms with Crippen LogP contribution in [0.1, 0.15) is 25.5 Å². The van der Waals surface area contributed by atoms with E-state index in [0.717, 1.165) is 18.2 Å². The minimum atomic E-state index is -0.681. The Hall–Kier alpha value is -1.04. The van der Waals surface area contributed by atoms with Crippen molar-refractivity contribution in [3.8, 4) is 0 Å². The number of hydrogen-bond acceptors (Lipinski definition) is 3. The minimum Gasteiger partial charge on any atom is -0.377 e. The molecule has 2 N–H and O–H groups in total. The van der Waals surface area contributed by atoms with Crippen molar-refractivity contribution >= 4 is 0 Å². The summed E-state index contributed by atoms with van der Waals surface area (Å²) in [4.78, 5) is 0. The normalized spacial score (nSPS) is 13.0. The number of rotatable bonds is 7. The van der Waals surface area contributed by atoms with Crippen molar-refractivity contribution in [3.63, 3.8) is 0 Å². The molecule has 102 valence electrons. The molecule has 0 aliphatic heterocycles. The first-order valence-electron chi connectivity index (χ1n) is 5.90. The zero-order valence-electron chi connectivity index (χ0n) is 10.7. The fourth-order valence-electron chi connectivity index (χ4n) is 1.44. The number of halogens is 2. The van der Waals surface area contributed by atoms with Crippen LogP contribution in [0.3, 0.4) is 0 Å². The highest BCUT2D eigenvalue weighted by Crippen LogP contribution is 2.16. The first kappa shape index (κ1) is 15.0. The first-order valence-corrected chi connectivity index (χ1v) is 5.90. The highest BCUT2D eigenvalue weighted by molar-refractivity contribution is 5.22. The maximum Gasteiger partial charge on any atom is 0.128 e. The van der Waals surface area contributed by atoms with E-state index in [-0.39, 0.29) is 18.3 Å². The predicted molar refractivity (Wildman–Crippen MR) is 65.2 cm³/mol. The molecule has 0 radical (unpaired) electrons. The Morgan fingerprint density at radius 3 is 2.61 bits per heavy atom. The topological polar surface area (TPSA) is 44.5 Å². The summed E-state index contributed by atoms with van der Waals surface area (Å²) in [6.07, 6.45) is 0.142. The number of hydrogen-bond donors (Lipinski definition) is 1. The van der Waals surface area contributed by atoms with Gasteiger partial charge in [0, 0.05) is 5.56 Å². The van der Waals surface area contributed by atoms with Gasteiger partial charge in [0.1, 0.15) is 11.6 Å². The lowest BCUT2D eigenvalue weighted by Gasteiger charge is -2.14. The Bertz CT molecular complexity index is 372. The van der Waals surface area contributed by atoms with Gasteiger partial charge in [-0.3, -0.25) is 0 Å². The van der Waals surface area contributed by atoms with E-state index in [1.807, 2.05) is 13.8 Å². The molecular formula is C13H19F2NO2. The predicted octanol–water partition coefficient (Wildman–Crippen LogP) is 2.41. The fourth-order valence-corrected chi connectivity index (χ4v) is 1.44. The van der Waals surface area contributed by atoms with Crippen LogP contribution in [0.4, 0.5) is 8.78 Å². The molecule has 1 aromatic carbocycles. The van der Waals surface area contributed by atoms with E-state index in [4.69, 9.17) is 15.2 Å². The minimum absolute atomic E-state index is 0.125. The lowest BCUT2D eigenvalue weighted by molar-refractivity contribution is 0.0159. The summed E-state index contributed by atoms with van der Waals surface area (Å²) in [6, 6.07) is 2.53. The second-order valence-electron chi connectivity index (χ2n) is 4.27. The van der Waals surface area contributed by atoms with Crippen molar-refractivity contribution in [1.29, 1.82) is 0 Å². The van der Waals surface area contributed by atoms with Crippen LogP contribution in [0.25, 0.3) is 0 Å². The lowest BCUT2D eigenvalue weighted by Crippen LogP contribution is -2.20. The van der Waals surface area contributed by atoms with Gasteiger partial charge in [0.05, 0.1) is 32.0 Å². The molecule has 1 rings (SSSR count). The van der Waals surface area contributed by atoms with Crippen LogP contribution in [0.15, 0.2) is 18.2 Å². The van der Waals surface area contributed by atoms with Crippen LogP contribution in [-0.2, 0) is 9.47 Å². The molecule has 0 amide bonds. The molecule has 0 aliphatic rings. The monoisotopic (exact) mass is 259 g/mol. The molecular weight excluding hydrogens is 240 g/mol. The summed E-state index contributed by atoms with van der Waals surface area (Å²) in [5, 5.41) is 0. The average Bonchev–Trinajstić information content (AvgIpc) is 2.31. The van der Waals surface area contributed by atoms with Gasteiger partial charge in [0.2, 0.25) is 0 Å². The van der Waals surface area contributed by atoms with Crippen LogP contribution in [0.2, 0.25) is 0 Å². The van der Waals surface area contributed by atoms with E-state index in [9.17, 15) is 8.78 Å². The SMILES string of the molecule is CC(C)OCCOCC(N)c1cc(F)ccc1F. The molecule has 1 unspecified atom stereocenters. The molecule has 18 heavy (non-hydrogen) atoms. The molecule has 3 nitrogen and oxygen atoms in total. The van der Waals surface area contributed by atoms with Crippen molar-refractivity contribution in [2.45, 2.75) is 26.0 Å². The Morgan fingerprint density at radius 1 is 1.22 bits per heavy atom. The van der Waals surface area contributed by atoms with Crippen LogP contribution >= 0.6 is 0 Å². The molecule has 0 heterocycles. The third-order valence-corrected chi connectivity index (χ3v) is 2.33. The zero-order valence-corrected chi connectivity index (χ0v) is 10.7. The summed E-state index contributed by atoms with van der Waals surface area (Å²) < 4.78 is 36.9. The third kappa shape index (κ3) is 5.08. The maximum atomic E-state index is 13.4. The molecule has 0 fully saturated rings. The summed E-state index contributed by atoms with van der Waals surface area (Å²) >= 11 is 0. The molecule has 0 spiro atoms. The van der Waals surface area contributed by atoms with Crippen molar-refractivity contribution in [2.24, 2.45) is 5.73 Å². The Labute approximate surface area is 106 Å². The van der Waals surface area contributed by atoms with Crippen LogP contribution in [0.5, 0.6) is 0 Å². The van der Waals surface area contributed by atoms with E-state index in [0.29, 0.717) is 13.2 Å². The summed E-state index contributed by atoms with van der Waals surface area (Å²) in [6.45, 7) is 4.81. The smallest absolute Gasteiger partial charge is 0.128 e. The van der Waals surface area contributed by atoms with Gasteiger partial charge in [-0.05, 0) is 32.0 Å². The van der Waals surface area contributed by atoms with Gasteiger partial charge in [-0.1, -0.05) is 0 Å². The second kappa shape index (κ2) is 7.41. The van der Waals surface area contributed by atoms with Crippen molar-refractivity contribution in [1.82, 2.24) is 0 Å². The molecule has 1 aromatic rings. The van der Waals surface area contributed by atoms with E-state index in [1.165, 1.54) is 0 Å². The highest BCUT2D eigenvalue weighted by Gasteiger charge is 2.12. The van der Waals surface area contributed by atoms with Gasteiger partial charge in [0.15, 0.2) is 0 Å². The molecule has 0 bridgehead atoms. The van der Waals surface area contributed by atoms with Gasteiger partial charge in [-0.15, -0.1) is 0 Å². The molecule has 0 saturated carbocycles. The average molecular weight is 259 g/mol. The van der Waals surface area contributed by atoms with Gasteiger partial charge >= 0.3 is 0 Å². The second-order valence-corrected chi connectivity index (χ2v) is 4.27. The van der Waals surface area contributed by atoms with Gasteiger partial charge in [-0.2, -0.15) is 0 Å². The molecule has 0 aliphatic carbocycles. The van der Waals surface area contributed by atoms with E-state index >= 15 is 0 Å². The highest BCUT2D eigenvalue weighted by atomic mass is 19.1. The molecule has 1 atom stereocenters. The maximum absolute atomic E-state index is 13.4. The molecule has 0 aromatic heterocycles. The Balaban J connectivity index is 2.36. The first-order chi connectivity index (χ1) is 8.50. The van der Waals surface area contributed by atoms with Crippen molar-refractivity contribution in [3.05, 3.63) is 35.4 Å². The third-order valence-electron chi connectivity index (χ3n) is 2.33. The summed E-state index contributed by atoms with van der Waals surface area (Å²) in [5.41, 5.74) is 5.86. The summed E-state index contributed by atoms with van der Waals surface area (Å²) in [5.74, 6) is -1.03. The summed E-state index contributed by atoms with van der Waals surface area (Å²) in [7, 11) is 0. The lowest BCUT2D eigenvalue weighted by atomic mass is 10.1. The van der Waals surface area contributed by atoms with E-state index in [1.54, 1.807) is 0 Å². The standard InChI is InChI=1S/C13H19F2NO2/c1-9(2)18-6-5-17-8-13(16)11-7-10(14)3-4-12(11)15/h3-4,7,9,13H,5-6,8,16H2,1-2H3. The molecule has 5 heteroatoms. The van der Waals surface area contributed by atoms with Crippen molar-refractivity contribution < 1.29 is 18.3 Å². The van der Waals surface area contributed by atoms with Crippen LogP contribution in [0, 0.1) is 11.6 Å². The van der Waals surface area contributed by atoms with Gasteiger partial charge in [0.25, 0.3) is 0 Å². The van der Waals surface area contributed by atoms with Gasteiger partial charge < -0.3 is 15.2 Å². The Kier molecular flexibility index (Phi) is 6.18. The Morgan fingerprint density at radius 2 is 1.94 bits per heavy atom. The van der Waals surface area contributed by atoms with E-state index < -0.39 is 17.7 Å². The number of benzene rings is 1. The number of ether oxygens (including phenoxy) is 2. The number of nitrogens with two attached hydrogens (primary N) is 1. The van der Waals surface area contributed by atoms with Crippen LogP contribution < -0.4 is 5.73 Å². The zero-order chi connectivity index (χ0) is 13.5. The largest absolute Gasteiger partial charge is 0.377 e. The fraction of sp³-hybridized carbons (Fsp3) is 0.538. The van der Waals surface area contributed by atoms with Crippen molar-refractivity contribution in [2.75, 3.05) is 19.8 Å². The van der Waals surface area contributed by atoms with Gasteiger partial charge in [-0.25, -0.2) is 8.78 Å². The van der Waals surface area contributed by atoms with E-state index in [2.05, 4.69) is 0 Å².